The van der Waals surface area contributed by atoms with Crippen LogP contribution < -0.4 is 0 Å². The maximum Gasteiger partial charge on any atom is 0.415 e. The number of nitrogens with one attached hydrogen (secondary N) is 1. The van der Waals surface area contributed by atoms with Crippen LogP contribution in [0, 0.1) is 0 Å². The van der Waals surface area contributed by atoms with Gasteiger partial charge in [-0.2, -0.15) is 13.2 Å². The first-order valence-corrected chi connectivity index (χ1v) is 4.82. The first-order valence-electron chi connectivity index (χ1n) is 4.82. The zero-order valence-electron chi connectivity index (χ0n) is 8.62. The van der Waals surface area contributed by atoms with Gasteiger partial charge in [0.1, 0.15) is 0 Å². The van der Waals surface area contributed by atoms with Gasteiger partial charge in [-0.3, -0.25) is 4.98 Å². The lowest BCUT2D eigenvalue weighted by Gasteiger charge is -2.16. The highest BCUT2D eigenvalue weighted by atomic mass is 19.4. The Balaban J connectivity index is 2.53. The van der Waals surface area contributed by atoms with Gasteiger partial charge in [-0.05, 0) is 29.3 Å². The summed E-state index contributed by atoms with van der Waals surface area (Å²) in [7, 11) is 0. The summed E-state index contributed by atoms with van der Waals surface area (Å²) in [5, 5.41) is 0. The van der Waals surface area contributed by atoms with Crippen LogP contribution in [-0.4, -0.2) is 4.98 Å². The number of hydrogen-bond acceptors (Lipinski definition) is 1. The molecule has 88 valence electrons. The molecule has 1 heterocycles. The molecule has 0 spiro atoms. The van der Waals surface area contributed by atoms with E-state index in [2.05, 4.69) is 4.98 Å². The fraction of sp³-hybridized carbons (Fsp3) is 0.0833. The summed E-state index contributed by atoms with van der Waals surface area (Å²) < 4.78 is 37.8. The summed E-state index contributed by atoms with van der Waals surface area (Å²) in [6.45, 7) is 0. The fourth-order valence-corrected chi connectivity index (χ4v) is 1.50. The summed E-state index contributed by atoms with van der Waals surface area (Å²) in [6, 6.07) is 6.88. The lowest BCUT2D eigenvalue weighted by atomic mass is 10.0. The van der Waals surface area contributed by atoms with E-state index in [1.54, 1.807) is 12.1 Å². The predicted octanol–water partition coefficient (Wildman–Crippen LogP) is 4.45. The number of halogens is 3. The summed E-state index contributed by atoms with van der Waals surface area (Å²) >= 11 is 0. The molecule has 0 aliphatic carbocycles. The smallest absolute Gasteiger partial charge is 0.415 e. The largest absolute Gasteiger partial charge is 0.698 e. The molecule has 0 amide bonds. The van der Waals surface area contributed by atoms with Crippen LogP contribution in [0.4, 0.5) is 18.9 Å². The summed E-state index contributed by atoms with van der Waals surface area (Å²) in [4.78, 5) is 3.80. The number of nitrogens with zero attached hydrogens (tertiary/aromatic N) is 1. The van der Waals surface area contributed by atoms with Gasteiger partial charge in [-0.1, -0.05) is 12.1 Å². The van der Waals surface area contributed by atoms with Gasteiger partial charge in [0, 0.05) is 18.0 Å². The van der Waals surface area contributed by atoms with Crippen molar-refractivity contribution in [2.24, 2.45) is 0 Å². The van der Waals surface area contributed by atoms with Crippen molar-refractivity contribution < 1.29 is 13.2 Å². The maximum atomic E-state index is 12.6. The van der Waals surface area contributed by atoms with Crippen molar-refractivity contribution >= 4 is 5.69 Å². The Labute approximate surface area is 95.9 Å². The highest BCUT2D eigenvalue weighted by molar-refractivity contribution is 5.68. The molecule has 2 rings (SSSR count). The number of aromatic nitrogens is 1. The minimum absolute atomic E-state index is 0.427. The zero-order chi connectivity index (χ0) is 12.5. The van der Waals surface area contributed by atoms with E-state index in [-0.39, 0.29) is 0 Å². The van der Waals surface area contributed by atoms with Gasteiger partial charge in [0.05, 0.1) is 0 Å². The number of hydrogen-bond donors (Lipinski definition) is 0. The Hall–Kier alpha value is -2.04. The van der Waals surface area contributed by atoms with E-state index in [1.165, 1.54) is 18.5 Å². The summed E-state index contributed by atoms with van der Waals surface area (Å²) in [5.74, 6) is 0. The molecule has 2 nitrogen and oxygen atoms in total. The topological polar surface area (TPSA) is 36.7 Å². The third-order valence-corrected chi connectivity index (χ3v) is 2.34. The molecule has 0 saturated carbocycles. The molecule has 0 atom stereocenters. The van der Waals surface area contributed by atoms with E-state index < -0.39 is 17.4 Å². The number of rotatable bonds is 1. The fourth-order valence-electron chi connectivity index (χ4n) is 1.50. The van der Waals surface area contributed by atoms with E-state index in [1.807, 2.05) is 0 Å². The molecule has 0 unspecified atom stereocenters. The number of alkyl halides is 3. The van der Waals surface area contributed by atoms with Gasteiger partial charge < -0.3 is 5.73 Å². The van der Waals surface area contributed by atoms with E-state index in [0.29, 0.717) is 11.1 Å². The molecule has 0 saturated heterocycles. The second-order valence-electron chi connectivity index (χ2n) is 3.49. The van der Waals surface area contributed by atoms with Crippen LogP contribution in [0.5, 0.6) is 0 Å². The molecule has 0 fully saturated rings. The Morgan fingerprint density at radius 1 is 0.941 bits per heavy atom. The van der Waals surface area contributed by atoms with Crippen molar-refractivity contribution in [3.63, 3.8) is 0 Å². The van der Waals surface area contributed by atoms with Crippen LogP contribution in [0.2, 0.25) is 0 Å². The molecule has 0 radical (unpaired) electrons. The monoisotopic (exact) mass is 237 g/mol. The lowest BCUT2D eigenvalue weighted by molar-refractivity contribution is -0.136. The highest BCUT2D eigenvalue weighted by Crippen LogP contribution is 2.38. The van der Waals surface area contributed by atoms with Crippen LogP contribution >= 0.6 is 0 Å². The van der Waals surface area contributed by atoms with Crippen LogP contribution in [0.1, 0.15) is 5.56 Å². The Kier molecular flexibility index (Phi) is 2.75. The van der Waals surface area contributed by atoms with Crippen molar-refractivity contribution in [1.82, 2.24) is 4.98 Å². The maximum absolute atomic E-state index is 12.6. The standard InChI is InChI=1S/C12H8F3N2/c13-12(14,15)10-7-9(1-2-11(10)16)8-3-5-17-6-4-8/h1-7,16H/q-1. The van der Waals surface area contributed by atoms with Gasteiger partial charge in [0.25, 0.3) is 0 Å². The van der Waals surface area contributed by atoms with Crippen LogP contribution in [0.3, 0.4) is 0 Å². The summed E-state index contributed by atoms with van der Waals surface area (Å²) in [6.07, 6.45) is -1.48. The number of benzene rings is 1. The molecule has 0 aliphatic rings. The molecule has 17 heavy (non-hydrogen) atoms. The molecule has 2 aromatic rings. The van der Waals surface area contributed by atoms with Gasteiger partial charge in [0.2, 0.25) is 0 Å². The van der Waals surface area contributed by atoms with Crippen molar-refractivity contribution in [2.75, 3.05) is 0 Å². The minimum atomic E-state index is -4.50. The Bertz CT molecular complexity index is 521. The average molecular weight is 237 g/mol. The molecule has 0 aliphatic heterocycles. The average Bonchev–Trinajstić information content (AvgIpc) is 2.29. The van der Waals surface area contributed by atoms with Crippen molar-refractivity contribution in [3.8, 4) is 11.1 Å². The number of pyridine rings is 1. The molecule has 5 heteroatoms. The van der Waals surface area contributed by atoms with Crippen molar-refractivity contribution in [2.45, 2.75) is 6.18 Å². The van der Waals surface area contributed by atoms with Crippen molar-refractivity contribution in [1.29, 1.82) is 0 Å². The normalized spacial score (nSPS) is 11.5. The van der Waals surface area contributed by atoms with Gasteiger partial charge in [-0.25, -0.2) is 0 Å². The van der Waals surface area contributed by atoms with Crippen LogP contribution in [0.25, 0.3) is 16.9 Å². The molecular weight excluding hydrogens is 229 g/mol. The third kappa shape index (κ3) is 2.38. The zero-order valence-corrected chi connectivity index (χ0v) is 8.62. The molecule has 1 N–H and O–H groups in total. The first-order chi connectivity index (χ1) is 7.98. The molecule has 1 aromatic heterocycles. The molecule has 0 bridgehead atoms. The lowest BCUT2D eigenvalue weighted by Crippen LogP contribution is -2.04. The predicted molar refractivity (Wildman–Crippen MR) is 58.7 cm³/mol. The van der Waals surface area contributed by atoms with Gasteiger partial charge in [0.15, 0.2) is 0 Å². The second-order valence-corrected chi connectivity index (χ2v) is 3.49. The molecule has 1 aromatic carbocycles. The Morgan fingerprint density at radius 3 is 2.18 bits per heavy atom. The van der Waals surface area contributed by atoms with Crippen LogP contribution in [-0.2, 0) is 6.18 Å². The van der Waals surface area contributed by atoms with Gasteiger partial charge in [-0.15, -0.1) is 5.69 Å². The van der Waals surface area contributed by atoms with E-state index in [4.69, 9.17) is 5.73 Å². The Morgan fingerprint density at radius 2 is 1.59 bits per heavy atom. The SMILES string of the molecule is [NH-]c1ccc(-c2ccncc2)cc1C(F)(F)F. The van der Waals surface area contributed by atoms with E-state index >= 15 is 0 Å². The summed E-state index contributed by atoms with van der Waals surface area (Å²) in [5.41, 5.74) is 6.88. The molecular formula is C12H8F3N2-. The minimum Gasteiger partial charge on any atom is -0.698 e. The second kappa shape index (κ2) is 4.08. The van der Waals surface area contributed by atoms with E-state index in [0.717, 1.165) is 12.1 Å². The van der Waals surface area contributed by atoms with Crippen LogP contribution in [0.15, 0.2) is 42.7 Å². The first kappa shape index (κ1) is 11.4. The quantitative estimate of drug-likeness (QED) is 0.721. The van der Waals surface area contributed by atoms with Crippen molar-refractivity contribution in [3.05, 3.63) is 54.0 Å². The van der Waals surface area contributed by atoms with Gasteiger partial charge >= 0.3 is 6.18 Å². The van der Waals surface area contributed by atoms with E-state index in [9.17, 15) is 13.2 Å². The highest BCUT2D eigenvalue weighted by Gasteiger charge is 2.31. The third-order valence-electron chi connectivity index (χ3n) is 2.34.